The Morgan fingerprint density at radius 3 is 2.82 bits per heavy atom. The molecule has 0 aliphatic carbocycles. The highest BCUT2D eigenvalue weighted by molar-refractivity contribution is 5.61. The van der Waals surface area contributed by atoms with Gasteiger partial charge in [0.25, 0.3) is 6.43 Å². The van der Waals surface area contributed by atoms with Crippen LogP contribution in [-0.2, 0) is 0 Å². The van der Waals surface area contributed by atoms with Crippen LogP contribution in [0, 0.1) is 0 Å². The molecule has 0 saturated heterocycles. The molecule has 0 fully saturated rings. The smallest absolute Gasteiger partial charge is 0.258 e. The van der Waals surface area contributed by atoms with Crippen molar-refractivity contribution in [2.24, 2.45) is 0 Å². The molecule has 2 rings (SSSR count). The first kappa shape index (κ1) is 11.5. The Balaban J connectivity index is 2.18. The molecule has 0 radical (unpaired) electrons. The first-order valence-corrected chi connectivity index (χ1v) is 5.08. The summed E-state index contributed by atoms with van der Waals surface area (Å²) in [6, 6.07) is 5.99. The van der Waals surface area contributed by atoms with Crippen molar-refractivity contribution in [3.05, 3.63) is 30.7 Å². The van der Waals surface area contributed by atoms with Gasteiger partial charge in [-0.25, -0.2) is 8.78 Å². The lowest BCUT2D eigenvalue weighted by Gasteiger charge is -2.14. The number of hydrogen-bond acceptors (Lipinski definition) is 4. The van der Waals surface area contributed by atoms with Gasteiger partial charge in [0.1, 0.15) is 0 Å². The second kappa shape index (κ2) is 4.90. The number of alkyl halides is 2. The van der Waals surface area contributed by atoms with Crippen molar-refractivity contribution >= 4 is 5.69 Å². The van der Waals surface area contributed by atoms with Crippen molar-refractivity contribution in [2.75, 3.05) is 5.32 Å². The van der Waals surface area contributed by atoms with Crippen molar-refractivity contribution in [3.63, 3.8) is 0 Å². The van der Waals surface area contributed by atoms with Crippen LogP contribution in [0.1, 0.15) is 6.92 Å². The van der Waals surface area contributed by atoms with Crippen LogP contribution in [0.4, 0.5) is 14.5 Å². The zero-order valence-electron chi connectivity index (χ0n) is 9.10. The van der Waals surface area contributed by atoms with Crippen LogP contribution < -0.4 is 5.32 Å². The highest BCUT2D eigenvalue weighted by Crippen LogP contribution is 2.21. The molecule has 1 heterocycles. The number of anilines is 1. The van der Waals surface area contributed by atoms with Gasteiger partial charge in [0.2, 0.25) is 12.3 Å². The fourth-order valence-corrected chi connectivity index (χ4v) is 1.37. The Morgan fingerprint density at radius 2 is 2.18 bits per heavy atom. The minimum absolute atomic E-state index is 0.360. The van der Waals surface area contributed by atoms with Crippen LogP contribution in [0.2, 0.25) is 0 Å². The molecule has 1 unspecified atom stereocenters. The van der Waals surface area contributed by atoms with E-state index in [1.165, 1.54) is 13.3 Å². The Kier molecular flexibility index (Phi) is 3.32. The highest BCUT2D eigenvalue weighted by atomic mass is 19.3. The number of halogens is 2. The predicted molar refractivity (Wildman–Crippen MR) is 58.8 cm³/mol. The third-order valence-corrected chi connectivity index (χ3v) is 2.24. The van der Waals surface area contributed by atoms with Gasteiger partial charge in [0, 0.05) is 11.3 Å². The SMILES string of the molecule is CC(Nc1cccc(-c2nnco2)c1)C(F)F. The number of benzene rings is 1. The molecule has 0 aliphatic rings. The van der Waals surface area contributed by atoms with Crippen LogP contribution >= 0.6 is 0 Å². The van der Waals surface area contributed by atoms with E-state index in [4.69, 9.17) is 4.42 Å². The Morgan fingerprint density at radius 1 is 1.35 bits per heavy atom. The van der Waals surface area contributed by atoms with Gasteiger partial charge in [-0.15, -0.1) is 10.2 Å². The molecule has 4 nitrogen and oxygen atoms in total. The minimum Gasteiger partial charge on any atom is -0.423 e. The summed E-state index contributed by atoms with van der Waals surface area (Å²) < 4.78 is 29.8. The first-order valence-electron chi connectivity index (χ1n) is 5.08. The maximum atomic E-state index is 12.4. The monoisotopic (exact) mass is 239 g/mol. The lowest BCUT2D eigenvalue weighted by Crippen LogP contribution is -2.23. The van der Waals surface area contributed by atoms with Gasteiger partial charge in [-0.3, -0.25) is 0 Å². The number of aromatic nitrogens is 2. The maximum absolute atomic E-state index is 12.4. The van der Waals surface area contributed by atoms with Crippen molar-refractivity contribution < 1.29 is 13.2 Å². The molecule has 1 aromatic carbocycles. The lowest BCUT2D eigenvalue weighted by atomic mass is 10.2. The molecule has 0 bridgehead atoms. The van der Waals surface area contributed by atoms with Crippen molar-refractivity contribution in [1.29, 1.82) is 0 Å². The van der Waals surface area contributed by atoms with E-state index in [9.17, 15) is 8.78 Å². The van der Waals surface area contributed by atoms with Gasteiger partial charge in [-0.2, -0.15) is 0 Å². The number of nitrogens with zero attached hydrogens (tertiary/aromatic N) is 2. The average molecular weight is 239 g/mol. The zero-order chi connectivity index (χ0) is 12.3. The van der Waals surface area contributed by atoms with E-state index < -0.39 is 12.5 Å². The van der Waals surface area contributed by atoms with Gasteiger partial charge >= 0.3 is 0 Å². The Bertz CT molecular complexity index is 473. The van der Waals surface area contributed by atoms with Crippen LogP contribution in [-0.4, -0.2) is 22.7 Å². The standard InChI is InChI=1S/C11H11F2N3O/c1-7(10(12)13)15-9-4-2-3-8(5-9)11-16-14-6-17-11/h2-7,10,15H,1H3. The van der Waals surface area contributed by atoms with Crippen LogP contribution in [0.25, 0.3) is 11.5 Å². The molecule has 90 valence electrons. The zero-order valence-corrected chi connectivity index (χ0v) is 9.10. The second-order valence-electron chi connectivity index (χ2n) is 3.59. The number of hydrogen-bond donors (Lipinski definition) is 1. The molecule has 2 aromatic rings. The van der Waals surface area contributed by atoms with E-state index >= 15 is 0 Å². The van der Waals surface area contributed by atoms with Crippen molar-refractivity contribution in [2.45, 2.75) is 19.4 Å². The molecule has 17 heavy (non-hydrogen) atoms. The van der Waals surface area contributed by atoms with Crippen molar-refractivity contribution in [1.82, 2.24) is 10.2 Å². The Hall–Kier alpha value is -1.98. The third-order valence-electron chi connectivity index (χ3n) is 2.24. The summed E-state index contributed by atoms with van der Waals surface area (Å²) in [6.07, 6.45) is -1.20. The largest absolute Gasteiger partial charge is 0.423 e. The summed E-state index contributed by atoms with van der Waals surface area (Å²) in [4.78, 5) is 0. The van der Waals surface area contributed by atoms with Gasteiger partial charge < -0.3 is 9.73 Å². The fraction of sp³-hybridized carbons (Fsp3) is 0.273. The highest BCUT2D eigenvalue weighted by Gasteiger charge is 2.14. The molecular weight excluding hydrogens is 228 g/mol. The second-order valence-corrected chi connectivity index (χ2v) is 3.59. The summed E-state index contributed by atoms with van der Waals surface area (Å²) in [5.41, 5.74) is 1.28. The van der Waals surface area contributed by atoms with Gasteiger partial charge in [-0.1, -0.05) is 6.07 Å². The number of nitrogens with one attached hydrogen (secondary N) is 1. The minimum atomic E-state index is -2.41. The normalized spacial score (nSPS) is 12.7. The quantitative estimate of drug-likeness (QED) is 0.891. The first-order chi connectivity index (χ1) is 8.16. The topological polar surface area (TPSA) is 51.0 Å². The number of rotatable bonds is 4. The molecule has 1 aromatic heterocycles. The van der Waals surface area contributed by atoms with Gasteiger partial charge in [0.15, 0.2) is 0 Å². The molecule has 0 amide bonds. The molecule has 0 saturated carbocycles. The molecular formula is C11H11F2N3O. The van der Waals surface area contributed by atoms with Crippen LogP contribution in [0.15, 0.2) is 35.1 Å². The van der Waals surface area contributed by atoms with E-state index in [1.54, 1.807) is 24.3 Å². The van der Waals surface area contributed by atoms with Gasteiger partial charge in [0.05, 0.1) is 6.04 Å². The van der Waals surface area contributed by atoms with E-state index in [0.717, 1.165) is 0 Å². The summed E-state index contributed by atoms with van der Waals surface area (Å²) in [6.45, 7) is 1.42. The average Bonchev–Trinajstić information content (AvgIpc) is 2.82. The van der Waals surface area contributed by atoms with Gasteiger partial charge in [-0.05, 0) is 25.1 Å². The summed E-state index contributed by atoms with van der Waals surface area (Å²) in [7, 11) is 0. The van der Waals surface area contributed by atoms with Crippen LogP contribution in [0.5, 0.6) is 0 Å². The van der Waals surface area contributed by atoms with E-state index in [2.05, 4.69) is 15.5 Å². The summed E-state index contributed by atoms with van der Waals surface area (Å²) in [5, 5.41) is 10.0. The summed E-state index contributed by atoms with van der Waals surface area (Å²) in [5.74, 6) is 0.360. The Labute approximate surface area is 96.7 Å². The predicted octanol–water partition coefficient (Wildman–Crippen LogP) is 2.80. The lowest BCUT2D eigenvalue weighted by molar-refractivity contribution is 0.131. The molecule has 0 spiro atoms. The molecule has 0 aliphatic heterocycles. The van der Waals surface area contributed by atoms with Crippen LogP contribution in [0.3, 0.4) is 0 Å². The molecule has 1 atom stereocenters. The maximum Gasteiger partial charge on any atom is 0.258 e. The van der Waals surface area contributed by atoms with E-state index in [0.29, 0.717) is 17.1 Å². The van der Waals surface area contributed by atoms with E-state index in [1.807, 2.05) is 0 Å². The molecule has 6 heteroatoms. The fourth-order valence-electron chi connectivity index (χ4n) is 1.37. The van der Waals surface area contributed by atoms with Crippen molar-refractivity contribution in [3.8, 4) is 11.5 Å². The summed E-state index contributed by atoms with van der Waals surface area (Å²) >= 11 is 0. The molecule has 1 N–H and O–H groups in total. The van der Waals surface area contributed by atoms with E-state index in [-0.39, 0.29) is 0 Å². The third kappa shape index (κ3) is 2.77.